The quantitative estimate of drug-likeness (QED) is 0.699. The molecule has 0 bridgehead atoms. The van der Waals surface area contributed by atoms with E-state index in [4.69, 9.17) is 11.6 Å². The maximum absolute atomic E-state index is 13.0. The monoisotopic (exact) mass is 386 g/mol. The molecule has 1 N–H and O–H groups in total. The summed E-state index contributed by atoms with van der Waals surface area (Å²) in [5.74, 6) is 0.426. The number of nitrogens with zero attached hydrogens (tertiary/aromatic N) is 3. The van der Waals surface area contributed by atoms with Gasteiger partial charge in [-0.25, -0.2) is 4.98 Å². The molecule has 0 aliphatic carbocycles. The maximum atomic E-state index is 13.0. The average Bonchev–Trinajstić information content (AvgIpc) is 3.26. The zero-order chi connectivity index (χ0) is 19.0. The van der Waals surface area contributed by atoms with Crippen molar-refractivity contribution < 1.29 is 14.3 Å². The number of rotatable bonds is 4. The molecule has 0 saturated heterocycles. The molecule has 3 aromatic rings. The lowest BCUT2D eigenvalue weighted by atomic mass is 10.2. The normalized spacial score (nSPS) is 13.6. The number of aryl methyl sites for hydroxylation is 1. The van der Waals surface area contributed by atoms with Gasteiger partial charge in [0.05, 0.1) is 25.1 Å². The molecule has 1 aliphatic heterocycles. The first kappa shape index (κ1) is 17.6. The third-order valence-electron chi connectivity index (χ3n) is 4.90. The van der Waals surface area contributed by atoms with E-state index in [9.17, 15) is 9.59 Å². The number of aromatic nitrogens is 3. The molecular formula is C19H19ClN4O3. The Morgan fingerprint density at radius 2 is 2.11 bits per heavy atom. The van der Waals surface area contributed by atoms with Gasteiger partial charge in [0.25, 0.3) is 5.91 Å². The van der Waals surface area contributed by atoms with Crippen molar-refractivity contribution in [1.29, 1.82) is 0 Å². The summed E-state index contributed by atoms with van der Waals surface area (Å²) in [4.78, 5) is 33.6. The fraction of sp³-hybridized carbons (Fsp3) is 0.316. The summed E-state index contributed by atoms with van der Waals surface area (Å²) < 4.78 is 6.76. The van der Waals surface area contributed by atoms with Gasteiger partial charge in [-0.2, -0.15) is 0 Å². The van der Waals surface area contributed by atoms with Crippen molar-refractivity contribution in [2.24, 2.45) is 0 Å². The van der Waals surface area contributed by atoms with Gasteiger partial charge in [0.2, 0.25) is 0 Å². The van der Waals surface area contributed by atoms with Crippen molar-refractivity contribution in [3.05, 3.63) is 52.7 Å². The number of carbonyl (C=O) groups excluding carboxylic acids is 2. The van der Waals surface area contributed by atoms with Crippen molar-refractivity contribution in [2.75, 3.05) is 13.7 Å². The summed E-state index contributed by atoms with van der Waals surface area (Å²) in [5.41, 5.74) is 2.23. The molecule has 8 heteroatoms. The van der Waals surface area contributed by atoms with Gasteiger partial charge < -0.3 is 19.2 Å². The Morgan fingerprint density at radius 1 is 1.30 bits per heavy atom. The van der Waals surface area contributed by atoms with Crippen molar-refractivity contribution >= 4 is 34.4 Å². The van der Waals surface area contributed by atoms with E-state index in [-0.39, 0.29) is 11.9 Å². The van der Waals surface area contributed by atoms with Crippen LogP contribution in [0.25, 0.3) is 10.9 Å². The third kappa shape index (κ3) is 3.19. The van der Waals surface area contributed by atoms with E-state index < -0.39 is 0 Å². The highest BCUT2D eigenvalue weighted by Crippen LogP contribution is 2.29. The van der Waals surface area contributed by atoms with Crippen LogP contribution in [0.2, 0.25) is 5.02 Å². The molecule has 140 valence electrons. The number of H-pyrrole nitrogens is 1. The number of hydrogen-bond donors (Lipinski definition) is 1. The van der Waals surface area contributed by atoms with Crippen LogP contribution in [0.1, 0.15) is 28.4 Å². The van der Waals surface area contributed by atoms with E-state index in [0.29, 0.717) is 43.2 Å². The Bertz CT molecular complexity index is 1020. The first-order valence-electron chi connectivity index (χ1n) is 8.74. The highest BCUT2D eigenvalue weighted by atomic mass is 35.5. The third-order valence-corrected chi connectivity index (χ3v) is 5.30. The van der Waals surface area contributed by atoms with Gasteiger partial charge in [-0.1, -0.05) is 29.8 Å². The fourth-order valence-electron chi connectivity index (χ4n) is 3.44. The minimum absolute atomic E-state index is 0.137. The average molecular weight is 387 g/mol. The molecule has 7 nitrogen and oxygen atoms in total. The van der Waals surface area contributed by atoms with Gasteiger partial charge in [-0.05, 0) is 12.5 Å². The number of benzene rings is 1. The predicted molar refractivity (Wildman–Crippen MR) is 101 cm³/mol. The van der Waals surface area contributed by atoms with Gasteiger partial charge in [-0.15, -0.1) is 0 Å². The van der Waals surface area contributed by atoms with Crippen molar-refractivity contribution in [3.63, 3.8) is 0 Å². The number of halogens is 1. The first-order valence-corrected chi connectivity index (χ1v) is 9.12. The molecule has 27 heavy (non-hydrogen) atoms. The number of para-hydroxylation sites is 1. The van der Waals surface area contributed by atoms with Crippen LogP contribution in [0, 0.1) is 0 Å². The molecule has 1 aromatic carbocycles. The van der Waals surface area contributed by atoms with Crippen LogP contribution in [0.4, 0.5) is 0 Å². The van der Waals surface area contributed by atoms with Crippen LogP contribution < -0.4 is 0 Å². The minimum Gasteiger partial charge on any atom is -0.469 e. The second-order valence-corrected chi connectivity index (χ2v) is 6.86. The molecule has 3 heterocycles. The second kappa shape index (κ2) is 7.08. The summed E-state index contributed by atoms with van der Waals surface area (Å²) in [6.07, 6.45) is 2.65. The molecule has 2 aromatic heterocycles. The van der Waals surface area contributed by atoms with Crippen molar-refractivity contribution in [3.8, 4) is 0 Å². The van der Waals surface area contributed by atoms with E-state index >= 15 is 0 Å². The van der Waals surface area contributed by atoms with Gasteiger partial charge in [0, 0.05) is 35.9 Å². The molecule has 0 spiro atoms. The summed E-state index contributed by atoms with van der Waals surface area (Å²) in [6.45, 7) is 1.59. The zero-order valence-electron chi connectivity index (χ0n) is 14.9. The lowest BCUT2D eigenvalue weighted by Gasteiger charge is -2.28. The van der Waals surface area contributed by atoms with Crippen LogP contribution in [0.15, 0.2) is 30.5 Å². The highest BCUT2D eigenvalue weighted by molar-refractivity contribution is 6.38. The summed E-state index contributed by atoms with van der Waals surface area (Å²) in [5, 5.41) is 1.29. The number of fused-ring (bicyclic) bond motifs is 2. The number of amides is 1. The Morgan fingerprint density at radius 3 is 2.89 bits per heavy atom. The number of methoxy groups -OCH3 is 1. The molecule has 0 fully saturated rings. The number of nitrogens with one attached hydrogen (secondary N) is 1. The summed E-state index contributed by atoms with van der Waals surface area (Å²) in [7, 11) is 1.38. The van der Waals surface area contributed by atoms with Crippen LogP contribution >= 0.6 is 11.6 Å². The van der Waals surface area contributed by atoms with E-state index in [1.54, 1.807) is 11.1 Å². The largest absolute Gasteiger partial charge is 0.469 e. The zero-order valence-corrected chi connectivity index (χ0v) is 15.6. The van der Waals surface area contributed by atoms with E-state index in [0.717, 1.165) is 22.4 Å². The van der Waals surface area contributed by atoms with Crippen molar-refractivity contribution in [2.45, 2.75) is 25.9 Å². The lowest BCUT2D eigenvalue weighted by Crippen LogP contribution is -2.39. The van der Waals surface area contributed by atoms with E-state index in [1.165, 1.54) is 7.11 Å². The van der Waals surface area contributed by atoms with Crippen LogP contribution in [-0.4, -0.2) is 45.0 Å². The molecule has 0 atom stereocenters. The van der Waals surface area contributed by atoms with Crippen LogP contribution in [0.3, 0.4) is 0 Å². The smallest absolute Gasteiger partial charge is 0.305 e. The topological polar surface area (TPSA) is 80.2 Å². The number of carbonyl (C=O) groups is 2. The fourth-order valence-corrected chi connectivity index (χ4v) is 3.73. The maximum Gasteiger partial charge on any atom is 0.305 e. The number of aromatic amines is 1. The Balaban J connectivity index is 1.52. The molecule has 1 amide bonds. The molecule has 1 aliphatic rings. The Labute approximate surface area is 160 Å². The summed E-state index contributed by atoms with van der Waals surface area (Å²) >= 11 is 6.42. The van der Waals surface area contributed by atoms with Gasteiger partial charge >= 0.3 is 5.97 Å². The van der Waals surface area contributed by atoms with Crippen LogP contribution in [0.5, 0.6) is 0 Å². The number of ether oxygens (including phenoxy) is 1. The molecule has 0 radical (unpaired) electrons. The van der Waals surface area contributed by atoms with Crippen LogP contribution in [-0.2, 0) is 29.0 Å². The minimum atomic E-state index is -0.244. The van der Waals surface area contributed by atoms with Gasteiger partial charge in [0.15, 0.2) is 0 Å². The lowest BCUT2D eigenvalue weighted by molar-refractivity contribution is -0.140. The summed E-state index contributed by atoms with van der Waals surface area (Å²) in [6, 6.07) is 7.58. The molecule has 0 saturated carbocycles. The van der Waals surface area contributed by atoms with E-state index in [2.05, 4.69) is 19.3 Å². The highest BCUT2D eigenvalue weighted by Gasteiger charge is 2.27. The molecule has 0 unspecified atom stereocenters. The second-order valence-electron chi connectivity index (χ2n) is 6.48. The SMILES string of the molecule is COC(=O)CCc1cnc2n1CCN(C(=O)c1[nH]c3ccccc3c1Cl)C2. The molecular weight excluding hydrogens is 368 g/mol. The molecule has 4 rings (SSSR count). The number of esters is 1. The van der Waals surface area contributed by atoms with Gasteiger partial charge in [-0.3, -0.25) is 9.59 Å². The van der Waals surface area contributed by atoms with Crippen molar-refractivity contribution in [1.82, 2.24) is 19.4 Å². The van der Waals surface area contributed by atoms with E-state index in [1.807, 2.05) is 24.3 Å². The standard InChI is InChI=1S/C19H19ClN4O3/c1-27-16(25)7-6-12-10-21-15-11-23(8-9-24(12)15)19(26)18-17(20)13-4-2-3-5-14(13)22-18/h2-5,10,22H,6-9,11H2,1H3. The number of hydrogen-bond acceptors (Lipinski definition) is 4. The number of imidazole rings is 1. The Hall–Kier alpha value is -2.80. The first-order chi connectivity index (χ1) is 13.1. The van der Waals surface area contributed by atoms with Gasteiger partial charge in [0.1, 0.15) is 11.5 Å². The Kier molecular flexibility index (Phi) is 4.61. The predicted octanol–water partition coefficient (Wildman–Crippen LogP) is 2.78.